The number of cyclic esters (lactones) is 1. The molecule has 0 unspecified atom stereocenters. The van der Waals surface area contributed by atoms with Crippen molar-refractivity contribution in [1.82, 2.24) is 30.2 Å². The Morgan fingerprint density at radius 3 is 2.59 bits per heavy atom. The number of likely N-dealkylation sites (tertiary alicyclic amines) is 1. The van der Waals surface area contributed by atoms with Gasteiger partial charge < -0.3 is 15.0 Å². The number of nitrogens with zero attached hydrogens (tertiary/aromatic N) is 7. The van der Waals surface area contributed by atoms with Crippen molar-refractivity contribution in [3.63, 3.8) is 0 Å². The van der Waals surface area contributed by atoms with Gasteiger partial charge in [0.1, 0.15) is 23.2 Å². The number of halogens is 2. The molecule has 1 N–H and O–H groups in total. The molecule has 1 aliphatic carbocycles. The maximum absolute atomic E-state index is 15.3. The average Bonchev–Trinajstić information content (AvgIpc) is 3.65. The van der Waals surface area contributed by atoms with Gasteiger partial charge in [-0.1, -0.05) is 11.3 Å². The Labute approximate surface area is 233 Å². The highest BCUT2D eigenvalue weighted by Gasteiger charge is 2.71. The van der Waals surface area contributed by atoms with E-state index in [4.69, 9.17) is 4.74 Å². The van der Waals surface area contributed by atoms with E-state index in [1.54, 1.807) is 18.3 Å². The maximum atomic E-state index is 15.3. The van der Waals surface area contributed by atoms with Crippen molar-refractivity contribution in [2.75, 3.05) is 31.1 Å². The number of pyridine rings is 1. The molecule has 2 amide bonds. The van der Waals surface area contributed by atoms with Gasteiger partial charge in [0.2, 0.25) is 5.91 Å². The molecular formula is C28H26F2N8O3. The number of nitrogens with one attached hydrogen (secondary N) is 1. The topological polar surface area (TPSA) is 129 Å². The molecule has 0 radical (unpaired) electrons. The van der Waals surface area contributed by atoms with Gasteiger partial charge in [0.25, 0.3) is 0 Å². The summed E-state index contributed by atoms with van der Waals surface area (Å²) in [5.74, 6) is -1.65. The van der Waals surface area contributed by atoms with Gasteiger partial charge in [0.05, 0.1) is 48.3 Å². The standard InChI is InChI=1S/C28H26F2N8O3/c29-21-8-17(38-12-18(41-27(38)40)11-37-7-6-34-35-37)9-22(30)25(21)16-3-4-24(33-10-16)28(15-31)19-13-36(14-20(19)28)26(39)23-2-1-5-32-23/h3-4,6-10,18-20,23,32H,1-2,5,11-14H2/t18-,19-,20-,23-/m0/s1. The largest absolute Gasteiger partial charge is 0.442 e. The minimum absolute atomic E-state index is 0.0161. The lowest BCUT2D eigenvalue weighted by Gasteiger charge is -2.25. The number of anilines is 1. The fourth-order valence-corrected chi connectivity index (χ4v) is 6.67. The van der Waals surface area contributed by atoms with Crippen LogP contribution in [0.25, 0.3) is 11.1 Å². The van der Waals surface area contributed by atoms with Crippen molar-refractivity contribution in [1.29, 1.82) is 5.26 Å². The molecule has 2 aromatic heterocycles. The smallest absolute Gasteiger partial charge is 0.414 e. The van der Waals surface area contributed by atoms with Gasteiger partial charge >= 0.3 is 6.09 Å². The number of ether oxygens (including phenoxy) is 1. The number of nitriles is 1. The van der Waals surface area contributed by atoms with E-state index in [2.05, 4.69) is 26.7 Å². The molecule has 41 heavy (non-hydrogen) atoms. The number of benzene rings is 1. The van der Waals surface area contributed by atoms with Crippen LogP contribution in [0.3, 0.4) is 0 Å². The molecule has 3 saturated heterocycles. The van der Waals surface area contributed by atoms with Gasteiger partial charge in [-0.25, -0.2) is 18.3 Å². The highest BCUT2D eigenvalue weighted by Crippen LogP contribution is 2.62. The van der Waals surface area contributed by atoms with Crippen LogP contribution in [-0.4, -0.2) is 75.2 Å². The lowest BCUT2D eigenvalue weighted by molar-refractivity contribution is -0.132. The zero-order valence-electron chi connectivity index (χ0n) is 21.9. The molecule has 5 heterocycles. The normalized spacial score (nSPS) is 28.5. The third-order valence-electron chi connectivity index (χ3n) is 8.79. The second kappa shape index (κ2) is 9.59. The molecule has 0 bridgehead atoms. The van der Waals surface area contributed by atoms with E-state index in [1.807, 2.05) is 4.90 Å². The number of aromatic nitrogens is 4. The Hall–Kier alpha value is -4.44. The van der Waals surface area contributed by atoms with E-state index in [0.29, 0.717) is 18.8 Å². The summed E-state index contributed by atoms with van der Waals surface area (Å²) in [5, 5.41) is 20.9. The first-order valence-corrected chi connectivity index (χ1v) is 13.6. The zero-order chi connectivity index (χ0) is 28.3. The van der Waals surface area contributed by atoms with Gasteiger partial charge in [-0.2, -0.15) is 5.26 Å². The molecule has 1 saturated carbocycles. The molecule has 7 rings (SSSR count). The summed E-state index contributed by atoms with van der Waals surface area (Å²) in [6.45, 7) is 2.22. The molecule has 210 valence electrons. The summed E-state index contributed by atoms with van der Waals surface area (Å²) in [6.07, 6.45) is 5.06. The fourth-order valence-electron chi connectivity index (χ4n) is 6.67. The van der Waals surface area contributed by atoms with Crippen LogP contribution in [0.15, 0.2) is 42.9 Å². The van der Waals surface area contributed by atoms with E-state index in [0.717, 1.165) is 31.5 Å². The first-order chi connectivity index (χ1) is 19.9. The fraction of sp³-hybridized carbons (Fsp3) is 0.429. The Kier molecular flexibility index (Phi) is 5.97. The van der Waals surface area contributed by atoms with Crippen molar-refractivity contribution in [2.24, 2.45) is 11.8 Å². The average molecular weight is 561 g/mol. The van der Waals surface area contributed by atoms with E-state index >= 15 is 8.78 Å². The summed E-state index contributed by atoms with van der Waals surface area (Å²) in [7, 11) is 0. The van der Waals surface area contributed by atoms with Crippen LogP contribution in [0.2, 0.25) is 0 Å². The summed E-state index contributed by atoms with van der Waals surface area (Å²) in [6, 6.07) is 7.66. The van der Waals surface area contributed by atoms with E-state index in [9.17, 15) is 14.9 Å². The van der Waals surface area contributed by atoms with Crippen molar-refractivity contribution >= 4 is 17.7 Å². The maximum Gasteiger partial charge on any atom is 0.414 e. The number of carbonyl (C=O) groups is 2. The number of hydrogen-bond donors (Lipinski definition) is 1. The summed E-state index contributed by atoms with van der Waals surface area (Å²) >= 11 is 0. The molecule has 13 heteroatoms. The molecular weight excluding hydrogens is 534 g/mol. The van der Waals surface area contributed by atoms with Crippen molar-refractivity contribution in [2.45, 2.75) is 36.9 Å². The third kappa shape index (κ3) is 4.12. The highest BCUT2D eigenvalue weighted by molar-refractivity contribution is 5.90. The molecule has 1 aromatic carbocycles. The van der Waals surface area contributed by atoms with Crippen molar-refractivity contribution in [3.05, 3.63) is 60.2 Å². The number of carbonyl (C=O) groups excluding carboxylic acids is 2. The first-order valence-electron chi connectivity index (χ1n) is 13.6. The zero-order valence-corrected chi connectivity index (χ0v) is 21.9. The monoisotopic (exact) mass is 560 g/mol. The first kappa shape index (κ1) is 25.5. The number of rotatable bonds is 6. The Bertz CT molecular complexity index is 1520. The third-order valence-corrected chi connectivity index (χ3v) is 8.79. The summed E-state index contributed by atoms with van der Waals surface area (Å²) in [4.78, 5) is 32.7. The van der Waals surface area contributed by atoms with Crippen molar-refractivity contribution < 1.29 is 23.1 Å². The second-order valence-electron chi connectivity index (χ2n) is 11.0. The van der Waals surface area contributed by atoms with E-state index < -0.39 is 29.2 Å². The number of amides is 2. The van der Waals surface area contributed by atoms with Gasteiger partial charge in [-0.05, 0) is 37.6 Å². The molecule has 4 aliphatic rings. The van der Waals surface area contributed by atoms with Crippen LogP contribution in [0, 0.1) is 34.8 Å². The van der Waals surface area contributed by atoms with Crippen LogP contribution in [-0.2, 0) is 21.5 Å². The van der Waals surface area contributed by atoms with E-state index in [1.165, 1.54) is 22.0 Å². The molecule has 0 spiro atoms. The minimum atomic E-state index is -0.852. The van der Waals surface area contributed by atoms with Crippen LogP contribution in [0.5, 0.6) is 0 Å². The lowest BCUT2D eigenvalue weighted by atomic mass is 9.95. The Balaban J connectivity index is 1.06. The van der Waals surface area contributed by atoms with Gasteiger partial charge in [0, 0.05) is 42.9 Å². The van der Waals surface area contributed by atoms with Crippen LogP contribution < -0.4 is 10.2 Å². The number of hydrogen-bond acceptors (Lipinski definition) is 8. The predicted molar refractivity (Wildman–Crippen MR) is 139 cm³/mol. The van der Waals surface area contributed by atoms with E-state index in [-0.39, 0.29) is 53.7 Å². The Morgan fingerprint density at radius 1 is 1.20 bits per heavy atom. The minimum Gasteiger partial charge on any atom is -0.442 e. The van der Waals surface area contributed by atoms with Crippen LogP contribution in [0.4, 0.5) is 19.3 Å². The molecule has 4 atom stereocenters. The van der Waals surface area contributed by atoms with Crippen molar-refractivity contribution in [3.8, 4) is 17.2 Å². The predicted octanol–water partition coefficient (Wildman–Crippen LogP) is 2.25. The van der Waals surface area contributed by atoms with Gasteiger partial charge in [-0.15, -0.1) is 5.10 Å². The Morgan fingerprint density at radius 2 is 1.98 bits per heavy atom. The number of fused-ring (bicyclic) bond motifs is 1. The molecule has 11 nitrogen and oxygen atoms in total. The molecule has 3 aromatic rings. The quantitative estimate of drug-likeness (QED) is 0.486. The van der Waals surface area contributed by atoms with Gasteiger partial charge in [-0.3, -0.25) is 14.7 Å². The SMILES string of the molecule is N#CC1(c2ccc(-c3c(F)cc(N4C[C@H](Cn5ccnn5)OC4=O)cc3F)cn2)[C@H]2CN(C(=O)[C@@H]3CCCN3)C[C@@H]21. The lowest BCUT2D eigenvalue weighted by Crippen LogP contribution is -2.44. The highest BCUT2D eigenvalue weighted by atomic mass is 19.1. The summed E-state index contributed by atoms with van der Waals surface area (Å²) < 4.78 is 37.4. The van der Waals surface area contributed by atoms with Crippen LogP contribution in [0.1, 0.15) is 18.5 Å². The van der Waals surface area contributed by atoms with Gasteiger partial charge in [0.15, 0.2) is 0 Å². The molecule has 3 aliphatic heterocycles. The second-order valence-corrected chi connectivity index (χ2v) is 11.0. The number of piperidine rings is 1. The summed E-state index contributed by atoms with van der Waals surface area (Å²) in [5.41, 5.74) is -0.284. The van der Waals surface area contributed by atoms with Crippen LogP contribution >= 0.6 is 0 Å². The molecule has 4 fully saturated rings.